The van der Waals surface area contributed by atoms with Crippen LogP contribution in [0.15, 0.2) is 6.33 Å². The van der Waals surface area contributed by atoms with Gasteiger partial charge in [-0.05, 0) is 24.4 Å². The van der Waals surface area contributed by atoms with E-state index in [2.05, 4.69) is 9.36 Å². The molecule has 0 amide bonds. The summed E-state index contributed by atoms with van der Waals surface area (Å²) in [6.07, 6.45) is 1.50. The minimum absolute atomic E-state index is 0.0718. The van der Waals surface area contributed by atoms with Gasteiger partial charge in [0.1, 0.15) is 17.1 Å². The Morgan fingerprint density at radius 3 is 2.58 bits per heavy atom. The minimum Gasteiger partial charge on any atom is -0.299 e. The van der Waals surface area contributed by atoms with Crippen molar-refractivity contribution in [1.82, 2.24) is 9.36 Å². The maximum absolute atomic E-state index is 11.2. The highest BCUT2D eigenvalue weighted by Crippen LogP contribution is 2.25. The topological polar surface area (TPSA) is 42.9 Å². The molecule has 0 radical (unpaired) electrons. The Bertz CT molecular complexity index is 256. The summed E-state index contributed by atoms with van der Waals surface area (Å²) in [5, 5.41) is 0.831. The van der Waals surface area contributed by atoms with Crippen LogP contribution in [0, 0.1) is 5.92 Å². The highest BCUT2D eigenvalue weighted by atomic mass is 32.1. The molecular formula is C8H12N2OS. The summed E-state index contributed by atoms with van der Waals surface area (Å²) in [6.45, 7) is 5.65. The largest absolute Gasteiger partial charge is 0.299 e. The Morgan fingerprint density at radius 1 is 1.58 bits per heavy atom. The number of hydrogen-bond donors (Lipinski definition) is 0. The lowest BCUT2D eigenvalue weighted by molar-refractivity contribution is -0.119. The molecule has 0 aliphatic rings. The van der Waals surface area contributed by atoms with E-state index < -0.39 is 0 Å². The number of ketones is 1. The van der Waals surface area contributed by atoms with Crippen molar-refractivity contribution in [2.45, 2.75) is 26.7 Å². The molecule has 12 heavy (non-hydrogen) atoms. The van der Waals surface area contributed by atoms with E-state index in [4.69, 9.17) is 0 Å². The summed E-state index contributed by atoms with van der Waals surface area (Å²) in [5.74, 6) is 0.398. The molecule has 0 saturated heterocycles. The first-order valence-electron chi connectivity index (χ1n) is 3.90. The van der Waals surface area contributed by atoms with Gasteiger partial charge in [-0.2, -0.15) is 4.37 Å². The van der Waals surface area contributed by atoms with E-state index in [9.17, 15) is 4.79 Å². The van der Waals surface area contributed by atoms with E-state index in [1.165, 1.54) is 17.9 Å². The monoisotopic (exact) mass is 184 g/mol. The number of Topliss-reactive ketones (excluding diaryl/α,β-unsaturated/α-hetero) is 1. The molecule has 0 fully saturated rings. The molecule has 1 atom stereocenters. The predicted octanol–water partition coefficient (Wildman–Crippen LogP) is 1.87. The Labute approximate surface area is 76.0 Å². The fourth-order valence-electron chi connectivity index (χ4n) is 1.25. The Morgan fingerprint density at radius 2 is 2.25 bits per heavy atom. The zero-order valence-corrected chi connectivity index (χ0v) is 8.26. The predicted molar refractivity (Wildman–Crippen MR) is 48.2 cm³/mol. The molecule has 1 aromatic rings. The van der Waals surface area contributed by atoms with E-state index in [-0.39, 0.29) is 11.7 Å². The third-order valence-electron chi connectivity index (χ3n) is 1.75. The van der Waals surface area contributed by atoms with Crippen LogP contribution in [-0.4, -0.2) is 15.1 Å². The summed E-state index contributed by atoms with van der Waals surface area (Å²) in [4.78, 5) is 15.3. The van der Waals surface area contributed by atoms with Gasteiger partial charge in [0.05, 0.1) is 5.92 Å². The summed E-state index contributed by atoms with van der Waals surface area (Å²) in [5.41, 5.74) is 0. The molecule has 1 rings (SSSR count). The fraction of sp³-hybridized carbons (Fsp3) is 0.625. The molecule has 0 spiro atoms. The van der Waals surface area contributed by atoms with E-state index in [0.717, 1.165) is 5.01 Å². The normalized spacial score (nSPS) is 13.3. The molecule has 0 bridgehead atoms. The summed E-state index contributed by atoms with van der Waals surface area (Å²) < 4.78 is 3.89. The smallest absolute Gasteiger partial charge is 0.140 e. The molecule has 0 aliphatic carbocycles. The van der Waals surface area contributed by atoms with Gasteiger partial charge >= 0.3 is 0 Å². The zero-order valence-electron chi connectivity index (χ0n) is 7.44. The van der Waals surface area contributed by atoms with Gasteiger partial charge in [0.15, 0.2) is 0 Å². The van der Waals surface area contributed by atoms with Crippen LogP contribution >= 0.6 is 11.5 Å². The summed E-state index contributed by atoms with van der Waals surface area (Å²) >= 11 is 1.31. The first-order valence-corrected chi connectivity index (χ1v) is 4.67. The van der Waals surface area contributed by atoms with Crippen LogP contribution in [0.1, 0.15) is 31.7 Å². The fourth-order valence-corrected chi connectivity index (χ4v) is 2.10. The van der Waals surface area contributed by atoms with Crippen LogP contribution < -0.4 is 0 Å². The molecule has 3 nitrogen and oxygen atoms in total. The first kappa shape index (κ1) is 9.32. The van der Waals surface area contributed by atoms with Crippen LogP contribution in [0.4, 0.5) is 0 Å². The van der Waals surface area contributed by atoms with Gasteiger partial charge in [-0.25, -0.2) is 4.98 Å². The van der Waals surface area contributed by atoms with Crippen molar-refractivity contribution in [2.75, 3.05) is 0 Å². The molecule has 1 heterocycles. The number of rotatable bonds is 3. The molecule has 0 N–H and O–H groups in total. The zero-order chi connectivity index (χ0) is 9.14. The molecule has 66 valence electrons. The van der Waals surface area contributed by atoms with Crippen LogP contribution in [0.3, 0.4) is 0 Å². The third kappa shape index (κ3) is 1.88. The molecule has 1 unspecified atom stereocenters. The number of nitrogens with zero attached hydrogens (tertiary/aromatic N) is 2. The van der Waals surface area contributed by atoms with E-state index >= 15 is 0 Å². The van der Waals surface area contributed by atoms with E-state index in [1.54, 1.807) is 6.92 Å². The van der Waals surface area contributed by atoms with Gasteiger partial charge in [0.25, 0.3) is 0 Å². The molecule has 0 saturated carbocycles. The molecule has 1 aromatic heterocycles. The van der Waals surface area contributed by atoms with Crippen molar-refractivity contribution < 1.29 is 4.79 Å². The lowest BCUT2D eigenvalue weighted by atomic mass is 9.93. The number of hydrogen-bond acceptors (Lipinski definition) is 4. The average molecular weight is 184 g/mol. The summed E-state index contributed by atoms with van der Waals surface area (Å²) in [7, 11) is 0. The molecule has 4 heteroatoms. The molecular weight excluding hydrogens is 172 g/mol. The Kier molecular flexibility index (Phi) is 2.92. The summed E-state index contributed by atoms with van der Waals surface area (Å²) in [6, 6.07) is 0. The quantitative estimate of drug-likeness (QED) is 0.720. The van der Waals surface area contributed by atoms with E-state index in [0.29, 0.717) is 5.92 Å². The lowest BCUT2D eigenvalue weighted by Gasteiger charge is -2.13. The highest BCUT2D eigenvalue weighted by Gasteiger charge is 2.23. The maximum Gasteiger partial charge on any atom is 0.140 e. The third-order valence-corrected chi connectivity index (χ3v) is 2.50. The van der Waals surface area contributed by atoms with Crippen LogP contribution in [-0.2, 0) is 4.79 Å². The Balaban J connectivity index is 2.88. The maximum atomic E-state index is 11.2. The first-order chi connectivity index (χ1) is 5.63. The number of aromatic nitrogens is 2. The van der Waals surface area contributed by atoms with Crippen molar-refractivity contribution in [3.8, 4) is 0 Å². The second kappa shape index (κ2) is 3.76. The standard InChI is InChI=1S/C8H12N2OS/c1-5(2)7(6(3)11)8-9-4-10-12-8/h4-5,7H,1-3H3. The SMILES string of the molecule is CC(=O)C(c1ncns1)C(C)C. The van der Waals surface area contributed by atoms with Gasteiger partial charge < -0.3 is 0 Å². The van der Waals surface area contributed by atoms with Crippen molar-refractivity contribution in [3.05, 3.63) is 11.3 Å². The van der Waals surface area contributed by atoms with Gasteiger partial charge in [-0.15, -0.1) is 0 Å². The van der Waals surface area contributed by atoms with Crippen molar-refractivity contribution in [1.29, 1.82) is 0 Å². The van der Waals surface area contributed by atoms with Crippen molar-refractivity contribution in [2.24, 2.45) is 5.92 Å². The second-order valence-electron chi connectivity index (χ2n) is 3.11. The van der Waals surface area contributed by atoms with Gasteiger partial charge in [0.2, 0.25) is 0 Å². The molecule has 0 aromatic carbocycles. The lowest BCUT2D eigenvalue weighted by Crippen LogP contribution is -2.14. The van der Waals surface area contributed by atoms with E-state index in [1.807, 2.05) is 13.8 Å². The second-order valence-corrected chi connectivity index (χ2v) is 3.92. The van der Waals surface area contributed by atoms with Crippen LogP contribution in [0.25, 0.3) is 0 Å². The van der Waals surface area contributed by atoms with Gasteiger partial charge in [0, 0.05) is 0 Å². The van der Waals surface area contributed by atoms with Gasteiger partial charge in [-0.1, -0.05) is 13.8 Å². The minimum atomic E-state index is -0.0718. The van der Waals surface area contributed by atoms with Gasteiger partial charge in [-0.3, -0.25) is 4.79 Å². The molecule has 0 aliphatic heterocycles. The number of carbonyl (C=O) groups excluding carboxylic acids is 1. The number of carbonyl (C=O) groups is 1. The van der Waals surface area contributed by atoms with Crippen molar-refractivity contribution in [3.63, 3.8) is 0 Å². The Hall–Kier alpha value is -0.770. The average Bonchev–Trinajstić information content (AvgIpc) is 2.37. The highest BCUT2D eigenvalue weighted by molar-refractivity contribution is 7.05. The van der Waals surface area contributed by atoms with Crippen LogP contribution in [0.2, 0.25) is 0 Å². The van der Waals surface area contributed by atoms with Crippen LogP contribution in [0.5, 0.6) is 0 Å². The van der Waals surface area contributed by atoms with Crippen molar-refractivity contribution >= 4 is 17.3 Å².